The molecular formula is C13H18BrNO4S. The van der Waals surface area contributed by atoms with Gasteiger partial charge >= 0.3 is 11.9 Å². The number of methoxy groups -OCH3 is 1. The zero-order valence-electron chi connectivity index (χ0n) is 12.0. The SMILES string of the molecule is CCOC(=O)CCN(C)c1c(C(=O)OC)sc(Br)c1C. The molecule has 1 heterocycles. The molecule has 112 valence electrons. The van der Waals surface area contributed by atoms with Crippen molar-refractivity contribution in [3.8, 4) is 0 Å². The Hall–Kier alpha value is -1.08. The first-order valence-electron chi connectivity index (χ1n) is 6.16. The molecule has 0 aliphatic heterocycles. The Bertz CT molecular complexity index is 501. The molecule has 1 aromatic rings. The Morgan fingerprint density at radius 3 is 2.60 bits per heavy atom. The van der Waals surface area contributed by atoms with Gasteiger partial charge in [-0.3, -0.25) is 4.79 Å². The van der Waals surface area contributed by atoms with E-state index in [1.165, 1.54) is 18.4 Å². The van der Waals surface area contributed by atoms with Crippen LogP contribution in [0.2, 0.25) is 0 Å². The number of hydrogen-bond donors (Lipinski definition) is 0. The average Bonchev–Trinajstić information content (AvgIpc) is 2.72. The van der Waals surface area contributed by atoms with Crippen LogP contribution in [0.25, 0.3) is 0 Å². The molecule has 0 bridgehead atoms. The molecule has 1 aromatic heterocycles. The lowest BCUT2D eigenvalue weighted by Crippen LogP contribution is -2.24. The van der Waals surface area contributed by atoms with Gasteiger partial charge in [0.15, 0.2) is 0 Å². The van der Waals surface area contributed by atoms with Crippen LogP contribution in [0.1, 0.15) is 28.6 Å². The van der Waals surface area contributed by atoms with Crippen molar-refractivity contribution in [1.82, 2.24) is 0 Å². The summed E-state index contributed by atoms with van der Waals surface area (Å²) < 4.78 is 10.6. The Kier molecular flexibility index (Phi) is 6.48. The highest BCUT2D eigenvalue weighted by Crippen LogP contribution is 2.39. The van der Waals surface area contributed by atoms with Crippen LogP contribution in [0.4, 0.5) is 5.69 Å². The average molecular weight is 364 g/mol. The van der Waals surface area contributed by atoms with Crippen molar-refractivity contribution in [3.63, 3.8) is 0 Å². The van der Waals surface area contributed by atoms with E-state index < -0.39 is 0 Å². The molecule has 1 rings (SSSR count). The van der Waals surface area contributed by atoms with Crippen LogP contribution in [0.3, 0.4) is 0 Å². The number of rotatable bonds is 6. The molecule has 0 aromatic carbocycles. The summed E-state index contributed by atoms with van der Waals surface area (Å²) in [5.74, 6) is -0.618. The Morgan fingerprint density at radius 1 is 1.40 bits per heavy atom. The number of ether oxygens (including phenoxy) is 2. The minimum Gasteiger partial charge on any atom is -0.466 e. The van der Waals surface area contributed by atoms with Gasteiger partial charge in [-0.25, -0.2) is 4.79 Å². The first-order chi connectivity index (χ1) is 9.42. The van der Waals surface area contributed by atoms with E-state index in [4.69, 9.17) is 9.47 Å². The largest absolute Gasteiger partial charge is 0.466 e. The van der Waals surface area contributed by atoms with Crippen LogP contribution in [-0.2, 0) is 14.3 Å². The molecule has 0 amide bonds. The lowest BCUT2D eigenvalue weighted by Gasteiger charge is -2.20. The molecule has 0 fully saturated rings. The van der Waals surface area contributed by atoms with Crippen molar-refractivity contribution < 1.29 is 19.1 Å². The highest BCUT2D eigenvalue weighted by atomic mass is 79.9. The molecule has 5 nitrogen and oxygen atoms in total. The fourth-order valence-corrected chi connectivity index (χ4v) is 3.45. The quantitative estimate of drug-likeness (QED) is 0.727. The maximum absolute atomic E-state index is 11.8. The monoisotopic (exact) mass is 363 g/mol. The van der Waals surface area contributed by atoms with E-state index in [0.717, 1.165) is 15.0 Å². The Balaban J connectivity index is 2.89. The van der Waals surface area contributed by atoms with Crippen LogP contribution in [0, 0.1) is 6.92 Å². The molecule has 0 saturated heterocycles. The van der Waals surface area contributed by atoms with E-state index in [9.17, 15) is 9.59 Å². The van der Waals surface area contributed by atoms with Crippen molar-refractivity contribution in [2.75, 3.05) is 32.2 Å². The second-order valence-corrected chi connectivity index (χ2v) is 6.49. The van der Waals surface area contributed by atoms with Gasteiger partial charge in [-0.1, -0.05) is 0 Å². The van der Waals surface area contributed by atoms with E-state index >= 15 is 0 Å². The van der Waals surface area contributed by atoms with Gasteiger partial charge in [0, 0.05) is 13.6 Å². The summed E-state index contributed by atoms with van der Waals surface area (Å²) in [5, 5.41) is 0. The molecule has 7 heteroatoms. The highest BCUT2D eigenvalue weighted by molar-refractivity contribution is 9.11. The highest BCUT2D eigenvalue weighted by Gasteiger charge is 2.23. The molecule has 0 aliphatic rings. The third-order valence-corrected chi connectivity index (χ3v) is 4.90. The minimum absolute atomic E-state index is 0.245. The standard InChI is InChI=1S/C13H18BrNO4S/c1-5-19-9(16)6-7-15(3)10-8(2)12(14)20-11(10)13(17)18-4/h5-7H2,1-4H3. The van der Waals surface area contributed by atoms with E-state index in [-0.39, 0.29) is 18.4 Å². The van der Waals surface area contributed by atoms with Crippen molar-refractivity contribution in [1.29, 1.82) is 0 Å². The summed E-state index contributed by atoms with van der Waals surface area (Å²) in [4.78, 5) is 25.6. The fourth-order valence-electron chi connectivity index (χ4n) is 1.77. The summed E-state index contributed by atoms with van der Waals surface area (Å²) in [7, 11) is 3.20. The third-order valence-electron chi connectivity index (χ3n) is 2.77. The molecule has 0 saturated carbocycles. The smallest absolute Gasteiger partial charge is 0.350 e. The molecule has 0 N–H and O–H groups in total. The number of carbonyl (C=O) groups is 2. The van der Waals surface area contributed by atoms with E-state index in [1.54, 1.807) is 6.92 Å². The second kappa shape index (κ2) is 7.64. The van der Waals surface area contributed by atoms with Crippen molar-refractivity contribution in [2.24, 2.45) is 0 Å². The summed E-state index contributed by atoms with van der Waals surface area (Å²) >= 11 is 4.76. The first-order valence-corrected chi connectivity index (χ1v) is 7.77. The Morgan fingerprint density at radius 2 is 2.05 bits per heavy atom. The second-order valence-electron chi connectivity index (χ2n) is 4.15. The van der Waals surface area contributed by atoms with E-state index in [1.807, 2.05) is 18.9 Å². The van der Waals surface area contributed by atoms with Gasteiger partial charge < -0.3 is 14.4 Å². The third kappa shape index (κ3) is 3.96. The molecule has 0 atom stereocenters. The van der Waals surface area contributed by atoms with Crippen LogP contribution in [0.15, 0.2) is 3.79 Å². The molecular weight excluding hydrogens is 346 g/mol. The Labute approximate surface area is 131 Å². The predicted molar refractivity (Wildman–Crippen MR) is 82.6 cm³/mol. The van der Waals surface area contributed by atoms with Gasteiger partial charge in [0.1, 0.15) is 4.88 Å². The summed E-state index contributed by atoms with van der Waals surface area (Å²) in [6.45, 7) is 4.55. The van der Waals surface area contributed by atoms with Gasteiger partial charge in [-0.05, 0) is 35.3 Å². The molecule has 0 radical (unpaired) electrons. The van der Waals surface area contributed by atoms with Crippen molar-refractivity contribution in [2.45, 2.75) is 20.3 Å². The molecule has 20 heavy (non-hydrogen) atoms. The first kappa shape index (κ1) is 17.0. The molecule has 0 spiro atoms. The number of esters is 2. The lowest BCUT2D eigenvalue weighted by atomic mass is 10.2. The topological polar surface area (TPSA) is 55.8 Å². The zero-order chi connectivity index (χ0) is 15.3. The van der Waals surface area contributed by atoms with Gasteiger partial charge in [0.2, 0.25) is 0 Å². The minimum atomic E-state index is -0.373. The van der Waals surface area contributed by atoms with E-state index in [0.29, 0.717) is 18.0 Å². The van der Waals surface area contributed by atoms with Gasteiger partial charge in [-0.2, -0.15) is 0 Å². The van der Waals surface area contributed by atoms with Gasteiger partial charge in [-0.15, -0.1) is 11.3 Å². The fraction of sp³-hybridized carbons (Fsp3) is 0.538. The number of thiophene rings is 1. The van der Waals surface area contributed by atoms with Crippen molar-refractivity contribution in [3.05, 3.63) is 14.2 Å². The maximum atomic E-state index is 11.8. The van der Waals surface area contributed by atoms with Crippen LogP contribution >= 0.6 is 27.3 Å². The van der Waals surface area contributed by atoms with Gasteiger partial charge in [0.25, 0.3) is 0 Å². The number of nitrogens with zero attached hydrogens (tertiary/aromatic N) is 1. The molecule has 0 unspecified atom stereocenters. The number of carbonyl (C=O) groups excluding carboxylic acids is 2. The normalized spacial score (nSPS) is 10.2. The lowest BCUT2D eigenvalue weighted by molar-refractivity contribution is -0.142. The molecule has 0 aliphatic carbocycles. The summed E-state index contributed by atoms with van der Waals surface area (Å²) in [6.07, 6.45) is 0.276. The number of halogens is 1. The van der Waals surface area contributed by atoms with Crippen LogP contribution in [-0.4, -0.2) is 39.2 Å². The number of anilines is 1. The van der Waals surface area contributed by atoms with Crippen molar-refractivity contribution >= 4 is 44.9 Å². The summed E-state index contributed by atoms with van der Waals surface area (Å²) in [6, 6.07) is 0. The maximum Gasteiger partial charge on any atom is 0.350 e. The zero-order valence-corrected chi connectivity index (χ0v) is 14.4. The predicted octanol–water partition coefficient (Wildman–Crippen LogP) is 3.00. The van der Waals surface area contributed by atoms with E-state index in [2.05, 4.69) is 15.9 Å². The van der Waals surface area contributed by atoms with Crippen LogP contribution in [0.5, 0.6) is 0 Å². The van der Waals surface area contributed by atoms with Crippen LogP contribution < -0.4 is 4.90 Å². The van der Waals surface area contributed by atoms with Gasteiger partial charge in [0.05, 0.1) is 29.6 Å². The number of hydrogen-bond acceptors (Lipinski definition) is 6. The summed E-state index contributed by atoms with van der Waals surface area (Å²) in [5.41, 5.74) is 1.75.